The third-order valence-corrected chi connectivity index (χ3v) is 3.20. The first-order valence-corrected chi connectivity index (χ1v) is 6.68. The van der Waals surface area contributed by atoms with Gasteiger partial charge >= 0.3 is 5.97 Å². The van der Waals surface area contributed by atoms with Crippen molar-refractivity contribution in [2.75, 3.05) is 19.5 Å². The molecule has 0 spiro atoms. The molecular formula is C15H19N3O3. The quantitative estimate of drug-likeness (QED) is 0.826. The standard InChI is InChI=1S/C15H19N3O3/c1-4-18-10-16-9-13(18)14(15(19)21-3)17-11-6-5-7-12(8-11)20-2/h5-10,14,17H,4H2,1-3H3. The summed E-state index contributed by atoms with van der Waals surface area (Å²) >= 11 is 0. The van der Waals surface area contributed by atoms with Crippen molar-refractivity contribution >= 4 is 11.7 Å². The van der Waals surface area contributed by atoms with Gasteiger partial charge in [-0.15, -0.1) is 0 Å². The van der Waals surface area contributed by atoms with Crippen LogP contribution < -0.4 is 10.1 Å². The molecule has 0 aliphatic heterocycles. The van der Waals surface area contributed by atoms with Crippen LogP contribution in [-0.4, -0.2) is 29.7 Å². The Bertz CT molecular complexity index is 610. The van der Waals surface area contributed by atoms with Crippen LogP contribution in [0.15, 0.2) is 36.8 Å². The Morgan fingerprint density at radius 1 is 1.43 bits per heavy atom. The fraction of sp³-hybridized carbons (Fsp3) is 0.333. The topological polar surface area (TPSA) is 65.4 Å². The minimum Gasteiger partial charge on any atom is -0.497 e. The highest BCUT2D eigenvalue weighted by Crippen LogP contribution is 2.23. The largest absolute Gasteiger partial charge is 0.497 e. The van der Waals surface area contributed by atoms with Crippen molar-refractivity contribution < 1.29 is 14.3 Å². The molecule has 1 N–H and O–H groups in total. The van der Waals surface area contributed by atoms with Crippen molar-refractivity contribution in [3.63, 3.8) is 0 Å². The van der Waals surface area contributed by atoms with Gasteiger partial charge in [-0.2, -0.15) is 0 Å². The van der Waals surface area contributed by atoms with E-state index in [2.05, 4.69) is 10.3 Å². The zero-order chi connectivity index (χ0) is 15.2. The Morgan fingerprint density at radius 3 is 2.90 bits per heavy atom. The monoisotopic (exact) mass is 289 g/mol. The summed E-state index contributed by atoms with van der Waals surface area (Å²) in [6.07, 6.45) is 3.36. The number of ether oxygens (including phenoxy) is 2. The number of hydrogen-bond donors (Lipinski definition) is 1. The Hall–Kier alpha value is -2.50. The molecule has 6 heteroatoms. The number of nitrogens with zero attached hydrogens (tertiary/aromatic N) is 2. The Labute approximate surface area is 123 Å². The molecule has 1 aromatic carbocycles. The van der Waals surface area contributed by atoms with E-state index in [0.29, 0.717) is 5.75 Å². The Morgan fingerprint density at radius 2 is 2.24 bits per heavy atom. The fourth-order valence-corrected chi connectivity index (χ4v) is 2.09. The van der Waals surface area contributed by atoms with Crippen LogP contribution in [0.5, 0.6) is 5.75 Å². The van der Waals surface area contributed by atoms with Gasteiger partial charge < -0.3 is 19.4 Å². The highest BCUT2D eigenvalue weighted by atomic mass is 16.5. The lowest BCUT2D eigenvalue weighted by molar-refractivity contribution is -0.141. The van der Waals surface area contributed by atoms with Crippen molar-refractivity contribution in [1.29, 1.82) is 0 Å². The lowest BCUT2D eigenvalue weighted by Crippen LogP contribution is -2.24. The van der Waals surface area contributed by atoms with Crippen LogP contribution in [0, 0.1) is 0 Å². The molecule has 0 bridgehead atoms. The molecule has 0 fully saturated rings. The third-order valence-electron chi connectivity index (χ3n) is 3.20. The number of imidazole rings is 1. The number of rotatable bonds is 6. The van der Waals surface area contributed by atoms with Gasteiger partial charge in [0.05, 0.1) is 32.4 Å². The average molecular weight is 289 g/mol. The second-order valence-electron chi connectivity index (χ2n) is 4.44. The van der Waals surface area contributed by atoms with Crippen molar-refractivity contribution in [3.8, 4) is 5.75 Å². The summed E-state index contributed by atoms with van der Waals surface area (Å²) in [6, 6.07) is 6.76. The number of aryl methyl sites for hydroxylation is 1. The lowest BCUT2D eigenvalue weighted by Gasteiger charge is -2.19. The highest BCUT2D eigenvalue weighted by molar-refractivity contribution is 5.80. The number of anilines is 1. The molecule has 1 unspecified atom stereocenters. The third kappa shape index (κ3) is 3.34. The van der Waals surface area contributed by atoms with Crippen LogP contribution in [0.3, 0.4) is 0 Å². The van der Waals surface area contributed by atoms with Gasteiger partial charge in [0, 0.05) is 18.3 Å². The predicted molar refractivity (Wildman–Crippen MR) is 79.3 cm³/mol. The summed E-state index contributed by atoms with van der Waals surface area (Å²) in [5, 5.41) is 3.17. The molecular weight excluding hydrogens is 270 g/mol. The molecule has 0 saturated heterocycles. The van der Waals surface area contributed by atoms with E-state index in [1.165, 1.54) is 7.11 Å². The number of carbonyl (C=O) groups excluding carboxylic acids is 1. The molecule has 1 heterocycles. The molecule has 0 aliphatic rings. The van der Waals surface area contributed by atoms with Crippen LogP contribution in [0.4, 0.5) is 5.69 Å². The first kappa shape index (κ1) is 14.9. The van der Waals surface area contributed by atoms with E-state index in [0.717, 1.165) is 17.9 Å². The number of benzene rings is 1. The summed E-state index contributed by atoms with van der Waals surface area (Å²) in [5.41, 5.74) is 1.53. The zero-order valence-corrected chi connectivity index (χ0v) is 12.4. The van der Waals surface area contributed by atoms with E-state index in [4.69, 9.17) is 9.47 Å². The predicted octanol–water partition coefficient (Wildman–Crippen LogP) is 2.24. The van der Waals surface area contributed by atoms with Gasteiger partial charge in [0.2, 0.25) is 0 Å². The Kier molecular flexibility index (Phi) is 4.81. The highest BCUT2D eigenvalue weighted by Gasteiger charge is 2.24. The molecule has 1 atom stereocenters. The maximum atomic E-state index is 12.1. The van der Waals surface area contributed by atoms with Crippen molar-refractivity contribution in [2.45, 2.75) is 19.5 Å². The molecule has 0 amide bonds. The average Bonchev–Trinajstić information content (AvgIpc) is 3.00. The fourth-order valence-electron chi connectivity index (χ4n) is 2.09. The van der Waals surface area contributed by atoms with Gasteiger partial charge in [-0.25, -0.2) is 9.78 Å². The number of aromatic nitrogens is 2. The summed E-state index contributed by atoms with van der Waals surface area (Å²) in [7, 11) is 2.97. The van der Waals surface area contributed by atoms with E-state index in [1.54, 1.807) is 19.6 Å². The van der Waals surface area contributed by atoms with Crippen molar-refractivity contribution in [3.05, 3.63) is 42.5 Å². The molecule has 0 radical (unpaired) electrons. The molecule has 21 heavy (non-hydrogen) atoms. The first-order chi connectivity index (χ1) is 10.2. The van der Waals surface area contributed by atoms with E-state index < -0.39 is 6.04 Å². The van der Waals surface area contributed by atoms with Crippen LogP contribution in [0.2, 0.25) is 0 Å². The molecule has 1 aromatic heterocycles. The molecule has 2 rings (SSSR count). The van der Waals surface area contributed by atoms with Crippen LogP contribution >= 0.6 is 0 Å². The summed E-state index contributed by atoms with van der Waals surface area (Å²) in [5.74, 6) is 0.348. The Balaban J connectivity index is 2.30. The summed E-state index contributed by atoms with van der Waals surface area (Å²) < 4.78 is 12.0. The van der Waals surface area contributed by atoms with Gasteiger partial charge in [0.25, 0.3) is 0 Å². The SMILES string of the molecule is CCn1cncc1C(Nc1cccc(OC)c1)C(=O)OC. The smallest absolute Gasteiger partial charge is 0.334 e. The molecule has 112 valence electrons. The second kappa shape index (κ2) is 6.78. The number of nitrogens with one attached hydrogen (secondary N) is 1. The maximum Gasteiger partial charge on any atom is 0.334 e. The second-order valence-corrected chi connectivity index (χ2v) is 4.44. The van der Waals surface area contributed by atoms with E-state index in [1.807, 2.05) is 35.8 Å². The van der Waals surface area contributed by atoms with Gasteiger partial charge in [-0.05, 0) is 19.1 Å². The number of esters is 1. The summed E-state index contributed by atoms with van der Waals surface area (Å²) in [4.78, 5) is 16.2. The van der Waals surface area contributed by atoms with Gasteiger partial charge in [0.1, 0.15) is 5.75 Å². The zero-order valence-electron chi connectivity index (χ0n) is 12.4. The molecule has 6 nitrogen and oxygen atoms in total. The number of hydrogen-bond acceptors (Lipinski definition) is 5. The van der Waals surface area contributed by atoms with Crippen LogP contribution in [0.1, 0.15) is 18.7 Å². The van der Waals surface area contributed by atoms with E-state index in [-0.39, 0.29) is 5.97 Å². The van der Waals surface area contributed by atoms with Gasteiger partial charge in [-0.1, -0.05) is 6.07 Å². The molecule has 0 aliphatic carbocycles. The minimum atomic E-state index is -0.621. The maximum absolute atomic E-state index is 12.1. The number of carbonyl (C=O) groups is 1. The lowest BCUT2D eigenvalue weighted by atomic mass is 10.2. The van der Waals surface area contributed by atoms with Crippen molar-refractivity contribution in [2.24, 2.45) is 0 Å². The van der Waals surface area contributed by atoms with Crippen LogP contribution in [0.25, 0.3) is 0 Å². The van der Waals surface area contributed by atoms with Crippen molar-refractivity contribution in [1.82, 2.24) is 9.55 Å². The van der Waals surface area contributed by atoms with Gasteiger partial charge in [-0.3, -0.25) is 0 Å². The normalized spacial score (nSPS) is 11.8. The van der Waals surface area contributed by atoms with Gasteiger partial charge in [0.15, 0.2) is 6.04 Å². The van der Waals surface area contributed by atoms with E-state index >= 15 is 0 Å². The first-order valence-electron chi connectivity index (χ1n) is 6.68. The summed E-state index contributed by atoms with van der Waals surface area (Å²) in [6.45, 7) is 2.72. The molecule has 0 saturated carbocycles. The van der Waals surface area contributed by atoms with E-state index in [9.17, 15) is 4.79 Å². The van der Waals surface area contributed by atoms with Crippen LogP contribution in [-0.2, 0) is 16.1 Å². The minimum absolute atomic E-state index is 0.368. The number of methoxy groups -OCH3 is 2. The molecule has 2 aromatic rings.